The summed E-state index contributed by atoms with van der Waals surface area (Å²) in [5.41, 5.74) is 2.51. The van der Waals surface area contributed by atoms with Gasteiger partial charge in [-0.05, 0) is 49.1 Å². The molecule has 3 rings (SSSR count). The van der Waals surface area contributed by atoms with Crippen molar-refractivity contribution in [2.75, 3.05) is 6.61 Å². The molecule has 1 saturated carbocycles. The first kappa shape index (κ1) is 14.1. The van der Waals surface area contributed by atoms with Crippen molar-refractivity contribution >= 4 is 0 Å². The third-order valence-electron chi connectivity index (χ3n) is 5.25. The lowest BCUT2D eigenvalue weighted by Gasteiger charge is -2.40. The number of hydrogen-bond acceptors (Lipinski definition) is 2. The van der Waals surface area contributed by atoms with Crippen LogP contribution in [0.3, 0.4) is 0 Å². The van der Waals surface area contributed by atoms with Crippen molar-refractivity contribution in [2.24, 2.45) is 5.92 Å². The number of rotatable bonds is 3. The second kappa shape index (κ2) is 5.87. The molecule has 2 unspecified atom stereocenters. The maximum atomic E-state index is 10.8. The van der Waals surface area contributed by atoms with Gasteiger partial charge in [-0.1, -0.05) is 44.0 Å². The van der Waals surface area contributed by atoms with Crippen molar-refractivity contribution in [2.45, 2.75) is 63.6 Å². The number of hydrogen-bond donors (Lipinski definition) is 1. The van der Waals surface area contributed by atoms with Gasteiger partial charge in [0.15, 0.2) is 0 Å². The molecule has 2 atom stereocenters. The third kappa shape index (κ3) is 2.64. The van der Waals surface area contributed by atoms with Crippen LogP contribution < -0.4 is 0 Å². The van der Waals surface area contributed by atoms with Crippen LogP contribution in [0.5, 0.6) is 0 Å². The molecule has 2 fully saturated rings. The van der Waals surface area contributed by atoms with Gasteiger partial charge in [-0.2, -0.15) is 0 Å². The fraction of sp³-hybridized carbons (Fsp3) is 0.667. The van der Waals surface area contributed by atoms with Gasteiger partial charge in [0.1, 0.15) is 0 Å². The molecule has 0 amide bonds. The van der Waals surface area contributed by atoms with Crippen molar-refractivity contribution in [3.8, 4) is 0 Å². The van der Waals surface area contributed by atoms with E-state index in [1.165, 1.54) is 31.2 Å². The molecule has 1 heterocycles. The van der Waals surface area contributed by atoms with E-state index in [1.54, 1.807) is 0 Å². The average molecular weight is 274 g/mol. The number of ether oxygens (including phenoxy) is 1. The molecule has 20 heavy (non-hydrogen) atoms. The quantitative estimate of drug-likeness (QED) is 0.902. The molecule has 110 valence electrons. The molecule has 1 aromatic carbocycles. The first-order chi connectivity index (χ1) is 9.74. The Bertz CT molecular complexity index is 448. The lowest BCUT2D eigenvalue weighted by atomic mass is 9.79. The van der Waals surface area contributed by atoms with Crippen molar-refractivity contribution in [3.63, 3.8) is 0 Å². The highest BCUT2D eigenvalue weighted by atomic mass is 16.5. The van der Waals surface area contributed by atoms with E-state index in [0.29, 0.717) is 5.92 Å². The van der Waals surface area contributed by atoms with Crippen LogP contribution in [0, 0.1) is 5.92 Å². The molecule has 1 spiro atoms. The molecule has 0 bridgehead atoms. The summed E-state index contributed by atoms with van der Waals surface area (Å²) in [7, 11) is 0. The molecule has 1 aliphatic heterocycles. The number of aliphatic hydroxyl groups is 1. The third-order valence-corrected chi connectivity index (χ3v) is 5.25. The molecule has 2 heteroatoms. The summed E-state index contributed by atoms with van der Waals surface area (Å²) < 4.78 is 6.09. The van der Waals surface area contributed by atoms with Gasteiger partial charge in [0.05, 0.1) is 11.7 Å². The second-order valence-corrected chi connectivity index (χ2v) is 6.49. The van der Waals surface area contributed by atoms with Crippen LogP contribution in [0.4, 0.5) is 0 Å². The zero-order chi connectivity index (χ0) is 14.0. The summed E-state index contributed by atoms with van der Waals surface area (Å²) in [6.45, 7) is 2.98. The fourth-order valence-corrected chi connectivity index (χ4v) is 4.10. The lowest BCUT2D eigenvalue weighted by Crippen LogP contribution is -2.39. The summed E-state index contributed by atoms with van der Waals surface area (Å²) in [4.78, 5) is 0. The Kier molecular flexibility index (Phi) is 4.13. The van der Waals surface area contributed by atoms with E-state index in [9.17, 15) is 5.11 Å². The maximum Gasteiger partial charge on any atom is 0.0822 e. The number of aliphatic hydroxyl groups excluding tert-OH is 1. The van der Waals surface area contributed by atoms with E-state index in [-0.39, 0.29) is 11.7 Å². The van der Waals surface area contributed by atoms with Crippen LogP contribution in [0.2, 0.25) is 0 Å². The highest BCUT2D eigenvalue weighted by Crippen LogP contribution is 2.45. The zero-order valence-corrected chi connectivity index (χ0v) is 12.5. The van der Waals surface area contributed by atoms with Crippen molar-refractivity contribution in [1.82, 2.24) is 0 Å². The average Bonchev–Trinajstić information content (AvgIpc) is 2.94. The van der Waals surface area contributed by atoms with Crippen molar-refractivity contribution in [3.05, 3.63) is 35.4 Å². The first-order valence-electron chi connectivity index (χ1n) is 8.14. The highest BCUT2D eigenvalue weighted by molar-refractivity contribution is 5.29. The van der Waals surface area contributed by atoms with Crippen LogP contribution >= 0.6 is 0 Å². The molecule has 1 aromatic rings. The molecule has 1 saturated heterocycles. The molecule has 0 radical (unpaired) electrons. The summed E-state index contributed by atoms with van der Waals surface area (Å²) in [5.74, 6) is 0.356. The topological polar surface area (TPSA) is 29.5 Å². The Balaban J connectivity index is 1.77. The van der Waals surface area contributed by atoms with E-state index >= 15 is 0 Å². The Hall–Kier alpha value is -0.860. The monoisotopic (exact) mass is 274 g/mol. The molecule has 2 aliphatic rings. The van der Waals surface area contributed by atoms with E-state index in [4.69, 9.17) is 4.74 Å². The second-order valence-electron chi connectivity index (χ2n) is 6.49. The zero-order valence-electron chi connectivity index (χ0n) is 12.5. The van der Waals surface area contributed by atoms with E-state index < -0.39 is 0 Å². The standard InChI is InChI=1S/C18H26O2/c1-2-14-7-3-4-8-16(14)17(19)15-9-12-20-18(13-15)10-5-6-11-18/h3-4,7-8,15,17,19H,2,5-6,9-13H2,1H3. The molecule has 1 aliphatic carbocycles. The molecule has 1 N–H and O–H groups in total. The van der Waals surface area contributed by atoms with E-state index in [1.807, 2.05) is 6.07 Å². The van der Waals surface area contributed by atoms with Gasteiger partial charge in [-0.25, -0.2) is 0 Å². The fourth-order valence-electron chi connectivity index (χ4n) is 4.10. The van der Waals surface area contributed by atoms with Gasteiger partial charge in [0.2, 0.25) is 0 Å². The van der Waals surface area contributed by atoms with E-state index in [0.717, 1.165) is 31.4 Å². The number of aryl methyl sites for hydroxylation is 1. The van der Waals surface area contributed by atoms with Crippen molar-refractivity contribution < 1.29 is 9.84 Å². The van der Waals surface area contributed by atoms with Gasteiger partial charge in [-0.15, -0.1) is 0 Å². The Morgan fingerprint density at radius 1 is 1.30 bits per heavy atom. The predicted octanol–water partition coefficient (Wildman–Crippen LogP) is 4.02. The summed E-state index contributed by atoms with van der Waals surface area (Å²) >= 11 is 0. The SMILES string of the molecule is CCc1ccccc1C(O)C1CCOC2(CCCC2)C1. The summed E-state index contributed by atoms with van der Waals surface area (Å²) in [6, 6.07) is 8.35. The Labute approximate surface area is 122 Å². The molecule has 2 nitrogen and oxygen atoms in total. The van der Waals surface area contributed by atoms with Gasteiger partial charge < -0.3 is 9.84 Å². The Morgan fingerprint density at radius 3 is 2.80 bits per heavy atom. The number of benzene rings is 1. The molecular weight excluding hydrogens is 248 g/mol. The summed E-state index contributed by atoms with van der Waals surface area (Å²) in [6.07, 6.45) is 7.63. The largest absolute Gasteiger partial charge is 0.388 e. The van der Waals surface area contributed by atoms with Crippen LogP contribution in [-0.4, -0.2) is 17.3 Å². The van der Waals surface area contributed by atoms with Crippen LogP contribution in [-0.2, 0) is 11.2 Å². The van der Waals surface area contributed by atoms with Crippen molar-refractivity contribution in [1.29, 1.82) is 0 Å². The van der Waals surface area contributed by atoms with Gasteiger partial charge >= 0.3 is 0 Å². The maximum absolute atomic E-state index is 10.8. The molecule has 0 aromatic heterocycles. The highest BCUT2D eigenvalue weighted by Gasteiger charge is 2.42. The van der Waals surface area contributed by atoms with Crippen LogP contribution in [0.1, 0.15) is 62.7 Å². The smallest absolute Gasteiger partial charge is 0.0822 e. The summed E-state index contributed by atoms with van der Waals surface area (Å²) in [5, 5.41) is 10.8. The lowest BCUT2D eigenvalue weighted by molar-refractivity contribution is -0.113. The minimum absolute atomic E-state index is 0.0883. The van der Waals surface area contributed by atoms with Crippen LogP contribution in [0.15, 0.2) is 24.3 Å². The van der Waals surface area contributed by atoms with Gasteiger partial charge in [-0.3, -0.25) is 0 Å². The van der Waals surface area contributed by atoms with Crippen LogP contribution in [0.25, 0.3) is 0 Å². The predicted molar refractivity (Wildman–Crippen MR) is 80.7 cm³/mol. The van der Waals surface area contributed by atoms with Gasteiger partial charge in [0.25, 0.3) is 0 Å². The van der Waals surface area contributed by atoms with E-state index in [2.05, 4.69) is 25.1 Å². The normalized spacial score (nSPS) is 26.8. The molecular formula is C18H26O2. The Morgan fingerprint density at radius 2 is 2.05 bits per heavy atom. The first-order valence-corrected chi connectivity index (χ1v) is 8.14. The minimum atomic E-state index is -0.326. The minimum Gasteiger partial charge on any atom is -0.388 e. The van der Waals surface area contributed by atoms with Gasteiger partial charge in [0, 0.05) is 6.61 Å².